The van der Waals surface area contributed by atoms with Crippen LogP contribution >= 0.6 is 22.9 Å². The van der Waals surface area contributed by atoms with E-state index in [-0.39, 0.29) is 0 Å². The van der Waals surface area contributed by atoms with Crippen LogP contribution in [-0.4, -0.2) is 32.1 Å². The highest BCUT2D eigenvalue weighted by molar-refractivity contribution is 14.1. The molecule has 7 heteroatoms. The van der Waals surface area contributed by atoms with E-state index in [1.807, 2.05) is 0 Å². The first kappa shape index (κ1) is 11.3. The Hall–Kier alpha value is -0.730. The van der Waals surface area contributed by atoms with Gasteiger partial charge < -0.3 is 10.1 Å². The number of esters is 1. The number of methoxy groups -OCH3 is 1. The van der Waals surface area contributed by atoms with Crippen LogP contribution in [0.3, 0.4) is 0 Å². The van der Waals surface area contributed by atoms with Gasteiger partial charge in [0.05, 0.1) is 7.11 Å². The van der Waals surface area contributed by atoms with Gasteiger partial charge >= 0.3 is 5.97 Å². The van der Waals surface area contributed by atoms with Crippen LogP contribution in [-0.2, 0) is 14.3 Å². The molecule has 0 aromatic carbocycles. The minimum absolute atomic E-state index is 0.540. The highest BCUT2D eigenvalue weighted by Gasteiger charge is 2.26. The summed E-state index contributed by atoms with van der Waals surface area (Å²) in [6, 6.07) is -1.20. The van der Waals surface area contributed by atoms with Gasteiger partial charge in [-0.05, 0) is 0 Å². The molecule has 1 atom stereocenters. The topological polar surface area (TPSA) is 80.1 Å². The van der Waals surface area contributed by atoms with Gasteiger partial charge in [-0.2, -0.15) is 5.11 Å². The largest absolute Gasteiger partial charge is 0.467 e. The number of likely N-dealkylation sites (N-methyl/N-ethyl adjacent to an activating group) is 1. The van der Waals surface area contributed by atoms with Gasteiger partial charge in [-0.3, -0.25) is 4.79 Å². The summed E-state index contributed by atoms with van der Waals surface area (Å²) in [5, 5.41) is 5.66. The van der Waals surface area contributed by atoms with E-state index in [0.717, 1.165) is 0 Å². The van der Waals surface area contributed by atoms with Gasteiger partial charge in [0, 0.05) is 7.05 Å². The fourth-order valence-electron chi connectivity index (χ4n) is 0.499. The first-order chi connectivity index (χ1) is 5.67. The predicted octanol–water partition coefficient (Wildman–Crippen LogP) is 0.0762. The molecule has 1 amide bonds. The average Bonchev–Trinajstić information content (AvgIpc) is 2.11. The summed E-state index contributed by atoms with van der Waals surface area (Å²) in [6.07, 6.45) is 0. The van der Waals surface area contributed by atoms with Gasteiger partial charge in [-0.25, -0.2) is 4.79 Å². The SMILES string of the molecule is CNC(=O)C(N=NI)C(=O)OC. The molecule has 12 heavy (non-hydrogen) atoms. The zero-order valence-corrected chi connectivity index (χ0v) is 8.73. The van der Waals surface area contributed by atoms with Crippen LogP contribution in [0.15, 0.2) is 8.44 Å². The highest BCUT2D eigenvalue weighted by atomic mass is 127. The molecule has 68 valence electrons. The number of carbonyl (C=O) groups is 2. The summed E-state index contributed by atoms with van der Waals surface area (Å²) in [4.78, 5) is 21.8. The maximum Gasteiger partial charge on any atom is 0.342 e. The van der Waals surface area contributed by atoms with Crippen molar-refractivity contribution >= 4 is 34.7 Å². The molecule has 0 aromatic rings. The lowest BCUT2D eigenvalue weighted by atomic mass is 10.3. The third-order valence-electron chi connectivity index (χ3n) is 1.08. The maximum absolute atomic E-state index is 10.9. The molecule has 0 rings (SSSR count). The van der Waals surface area contributed by atoms with Crippen LogP contribution in [0.1, 0.15) is 0 Å². The summed E-state index contributed by atoms with van der Waals surface area (Å²) in [5.74, 6) is -1.27. The third-order valence-corrected chi connectivity index (χ3v) is 1.33. The van der Waals surface area contributed by atoms with Crippen molar-refractivity contribution in [2.45, 2.75) is 6.04 Å². The van der Waals surface area contributed by atoms with Crippen LogP contribution in [0.5, 0.6) is 0 Å². The molecule has 6 nitrogen and oxygen atoms in total. The molecule has 0 bridgehead atoms. The molecule has 0 radical (unpaired) electrons. The lowest BCUT2D eigenvalue weighted by Crippen LogP contribution is -2.37. The standard InChI is InChI=1S/C5H8IN3O3/c1-7-4(10)3(8-9-6)5(11)12-2/h3H,1-2H3,(H,7,10). The lowest BCUT2D eigenvalue weighted by molar-refractivity contribution is -0.145. The summed E-state index contributed by atoms with van der Waals surface area (Å²) in [6.45, 7) is 0. The smallest absolute Gasteiger partial charge is 0.342 e. The quantitative estimate of drug-likeness (QED) is 0.345. The molecule has 0 fully saturated rings. The third kappa shape index (κ3) is 3.11. The van der Waals surface area contributed by atoms with E-state index in [1.54, 1.807) is 22.9 Å². The Labute approximate surface area is 83.3 Å². The molecule has 0 aliphatic rings. The second kappa shape index (κ2) is 5.86. The van der Waals surface area contributed by atoms with Crippen LogP contribution in [0.25, 0.3) is 0 Å². The Morgan fingerprint density at radius 2 is 2.17 bits per heavy atom. The second-order valence-electron chi connectivity index (χ2n) is 1.73. The van der Waals surface area contributed by atoms with Gasteiger partial charge in [0.15, 0.2) is 0 Å². The number of amides is 1. The molecule has 1 unspecified atom stereocenters. The molecule has 0 aliphatic carbocycles. The Balaban J connectivity index is 4.43. The Bertz CT molecular complexity index is 190. The number of hydrogen-bond acceptors (Lipinski definition) is 5. The maximum atomic E-state index is 10.9. The zero-order chi connectivity index (χ0) is 9.56. The normalized spacial score (nSPS) is 12.6. The van der Waals surface area contributed by atoms with E-state index in [1.165, 1.54) is 14.2 Å². The molecule has 0 saturated carbocycles. The van der Waals surface area contributed by atoms with Crippen molar-refractivity contribution in [3.8, 4) is 0 Å². The average molecular weight is 285 g/mol. The van der Waals surface area contributed by atoms with Gasteiger partial charge in [0.25, 0.3) is 5.91 Å². The van der Waals surface area contributed by atoms with E-state index in [9.17, 15) is 9.59 Å². The summed E-state index contributed by atoms with van der Waals surface area (Å²) >= 11 is 1.57. The van der Waals surface area contributed by atoms with E-state index >= 15 is 0 Å². The van der Waals surface area contributed by atoms with Crippen LogP contribution < -0.4 is 5.32 Å². The number of rotatable bonds is 3. The van der Waals surface area contributed by atoms with Gasteiger partial charge in [-0.15, -0.1) is 3.33 Å². The lowest BCUT2D eigenvalue weighted by Gasteiger charge is -2.05. The van der Waals surface area contributed by atoms with Crippen LogP contribution in [0.4, 0.5) is 0 Å². The molecular formula is C5H8IN3O3. The fourth-order valence-corrected chi connectivity index (χ4v) is 0.748. The van der Waals surface area contributed by atoms with E-state index in [0.29, 0.717) is 0 Å². The number of carbonyl (C=O) groups excluding carboxylic acids is 2. The molecule has 1 N–H and O–H groups in total. The van der Waals surface area contributed by atoms with Gasteiger partial charge in [-0.1, -0.05) is 0 Å². The molecular weight excluding hydrogens is 277 g/mol. The van der Waals surface area contributed by atoms with Crippen molar-refractivity contribution in [3.63, 3.8) is 0 Å². The molecule has 0 spiro atoms. The van der Waals surface area contributed by atoms with E-state index < -0.39 is 17.9 Å². The monoisotopic (exact) mass is 285 g/mol. The number of halogens is 1. The Kier molecular flexibility index (Phi) is 5.51. The first-order valence-electron chi connectivity index (χ1n) is 2.98. The Morgan fingerprint density at radius 3 is 2.50 bits per heavy atom. The van der Waals surface area contributed by atoms with Crippen molar-refractivity contribution in [2.24, 2.45) is 8.44 Å². The fraction of sp³-hybridized carbons (Fsp3) is 0.600. The zero-order valence-electron chi connectivity index (χ0n) is 6.57. The summed E-state index contributed by atoms with van der Waals surface area (Å²) in [7, 11) is 2.59. The number of hydrogen-bond donors (Lipinski definition) is 1. The van der Waals surface area contributed by atoms with E-state index in [2.05, 4.69) is 18.5 Å². The number of nitrogens with one attached hydrogen (secondary N) is 1. The first-order valence-corrected chi connectivity index (χ1v) is 3.94. The van der Waals surface area contributed by atoms with Crippen LogP contribution in [0, 0.1) is 0 Å². The van der Waals surface area contributed by atoms with E-state index in [4.69, 9.17) is 0 Å². The van der Waals surface area contributed by atoms with Crippen LogP contribution in [0.2, 0.25) is 0 Å². The summed E-state index contributed by atoms with van der Waals surface area (Å²) < 4.78 is 7.64. The minimum atomic E-state index is -1.20. The molecule has 0 saturated heterocycles. The highest BCUT2D eigenvalue weighted by Crippen LogP contribution is 1.98. The number of ether oxygens (including phenoxy) is 1. The van der Waals surface area contributed by atoms with Gasteiger partial charge in [0.1, 0.15) is 22.9 Å². The van der Waals surface area contributed by atoms with Crippen molar-refractivity contribution in [3.05, 3.63) is 0 Å². The molecule has 0 aromatic heterocycles. The summed E-state index contributed by atoms with van der Waals surface area (Å²) in [5.41, 5.74) is 0. The molecule has 0 aliphatic heterocycles. The second-order valence-corrected chi connectivity index (χ2v) is 2.16. The van der Waals surface area contributed by atoms with Gasteiger partial charge in [0.2, 0.25) is 6.04 Å². The predicted molar refractivity (Wildman–Crippen MR) is 48.7 cm³/mol. The van der Waals surface area contributed by atoms with Crippen molar-refractivity contribution in [1.82, 2.24) is 5.32 Å². The van der Waals surface area contributed by atoms with Crippen molar-refractivity contribution < 1.29 is 14.3 Å². The molecule has 0 heterocycles. The van der Waals surface area contributed by atoms with Crippen molar-refractivity contribution in [2.75, 3.05) is 14.2 Å². The number of nitrogens with zero attached hydrogens (tertiary/aromatic N) is 2. The minimum Gasteiger partial charge on any atom is -0.467 e. The van der Waals surface area contributed by atoms with Crippen molar-refractivity contribution in [1.29, 1.82) is 0 Å². The Morgan fingerprint density at radius 1 is 1.58 bits per heavy atom.